The van der Waals surface area contributed by atoms with Gasteiger partial charge in [0.05, 0.1) is 6.61 Å². The molecule has 0 fully saturated rings. The minimum atomic E-state index is -1.09. The third-order valence-corrected chi connectivity index (χ3v) is 2.65. The third kappa shape index (κ3) is 2.88. The fourth-order valence-electron chi connectivity index (χ4n) is 1.62. The van der Waals surface area contributed by atoms with Gasteiger partial charge < -0.3 is 14.9 Å². The highest BCUT2D eigenvalue weighted by Crippen LogP contribution is 2.15. The van der Waals surface area contributed by atoms with E-state index in [9.17, 15) is 10.2 Å². The maximum absolute atomic E-state index is 9.78. The summed E-state index contributed by atoms with van der Waals surface area (Å²) in [5, 5.41) is 19.4. The van der Waals surface area contributed by atoms with Crippen molar-refractivity contribution in [3.8, 4) is 0 Å². The second-order valence-electron chi connectivity index (χ2n) is 4.06. The lowest BCUT2D eigenvalue weighted by atomic mass is 10.2. The van der Waals surface area contributed by atoms with Crippen molar-refractivity contribution in [3.05, 3.63) is 47.4 Å². The Bertz CT molecular complexity index is 457. The van der Waals surface area contributed by atoms with Crippen LogP contribution in [0.15, 0.2) is 46.8 Å². The molecule has 0 aliphatic carbocycles. The Balaban J connectivity index is 1.89. The van der Waals surface area contributed by atoms with E-state index in [-0.39, 0.29) is 12.6 Å². The van der Waals surface area contributed by atoms with Gasteiger partial charge in [-0.15, -0.1) is 0 Å². The number of aliphatic hydroxyl groups excluding tert-OH is 2. The number of nitrogens with zero attached hydrogens (tertiary/aromatic N) is 2. The normalized spacial score (nSPS) is 19.4. The van der Waals surface area contributed by atoms with E-state index in [1.54, 1.807) is 6.92 Å². The molecule has 1 aromatic rings. The van der Waals surface area contributed by atoms with E-state index < -0.39 is 6.35 Å². The molecule has 5 heteroatoms. The average Bonchev–Trinajstić information content (AvgIpc) is 2.39. The van der Waals surface area contributed by atoms with E-state index >= 15 is 0 Å². The molecular weight excluding hydrogens is 232 g/mol. The van der Waals surface area contributed by atoms with Gasteiger partial charge in [-0.2, -0.15) is 0 Å². The van der Waals surface area contributed by atoms with Crippen LogP contribution in [0.4, 0.5) is 0 Å². The van der Waals surface area contributed by atoms with Crippen molar-refractivity contribution < 1.29 is 14.9 Å². The summed E-state index contributed by atoms with van der Waals surface area (Å²) in [6.45, 7) is 2.21. The molecule has 0 saturated heterocycles. The summed E-state index contributed by atoms with van der Waals surface area (Å²) in [5.74, 6) is -0.00874. The van der Waals surface area contributed by atoms with E-state index in [0.717, 1.165) is 5.56 Å². The Morgan fingerprint density at radius 1 is 1.33 bits per heavy atom. The molecule has 1 heterocycles. The van der Waals surface area contributed by atoms with Crippen LogP contribution < -0.4 is 0 Å². The lowest BCUT2D eigenvalue weighted by Crippen LogP contribution is -2.38. The first-order valence-corrected chi connectivity index (χ1v) is 5.68. The number of rotatable bonds is 4. The van der Waals surface area contributed by atoms with Gasteiger partial charge in [0.1, 0.15) is 6.73 Å². The number of hydrogen-bond acceptors (Lipinski definition) is 5. The van der Waals surface area contributed by atoms with Crippen molar-refractivity contribution in [1.82, 2.24) is 4.90 Å². The molecule has 0 amide bonds. The molecule has 1 unspecified atom stereocenters. The molecule has 5 nitrogen and oxygen atoms in total. The Labute approximate surface area is 106 Å². The maximum atomic E-state index is 9.78. The summed E-state index contributed by atoms with van der Waals surface area (Å²) in [5.41, 5.74) is 1.64. The molecule has 0 bridgehead atoms. The fourth-order valence-corrected chi connectivity index (χ4v) is 1.62. The zero-order valence-electron chi connectivity index (χ0n) is 10.2. The van der Waals surface area contributed by atoms with Gasteiger partial charge in [-0.25, -0.2) is 4.99 Å². The van der Waals surface area contributed by atoms with Crippen LogP contribution in [0.3, 0.4) is 0 Å². The van der Waals surface area contributed by atoms with E-state index in [4.69, 9.17) is 4.74 Å². The van der Waals surface area contributed by atoms with E-state index in [0.29, 0.717) is 12.2 Å². The van der Waals surface area contributed by atoms with Crippen molar-refractivity contribution in [1.29, 1.82) is 0 Å². The van der Waals surface area contributed by atoms with Crippen molar-refractivity contribution >= 4 is 6.21 Å². The van der Waals surface area contributed by atoms with Crippen LogP contribution in [0.1, 0.15) is 12.5 Å². The van der Waals surface area contributed by atoms with E-state index in [1.165, 1.54) is 11.1 Å². The predicted molar refractivity (Wildman–Crippen MR) is 67.8 cm³/mol. The molecule has 0 spiro atoms. The van der Waals surface area contributed by atoms with Crippen molar-refractivity contribution in [2.75, 3.05) is 6.73 Å². The molecule has 1 aliphatic heterocycles. The summed E-state index contributed by atoms with van der Waals surface area (Å²) in [6.07, 6.45) is 0.345. The number of aliphatic imine (C=N–C) groups is 1. The third-order valence-electron chi connectivity index (χ3n) is 2.65. The van der Waals surface area contributed by atoms with Gasteiger partial charge in [-0.3, -0.25) is 4.90 Å². The average molecular weight is 248 g/mol. The lowest BCUT2D eigenvalue weighted by Gasteiger charge is -2.29. The number of ether oxygens (including phenoxy) is 1. The van der Waals surface area contributed by atoms with Crippen LogP contribution in [0.5, 0.6) is 0 Å². The van der Waals surface area contributed by atoms with E-state index in [1.807, 2.05) is 30.3 Å². The standard InChI is InChI=1S/C13H16N2O3/c1-10-7-14-13(17)15(12(10)16)9-18-8-11-5-3-2-4-6-11/h2-7,13,16-17H,8-9H2,1H3. The van der Waals surface area contributed by atoms with Crippen LogP contribution in [0, 0.1) is 0 Å². The molecule has 1 aliphatic rings. The summed E-state index contributed by atoms with van der Waals surface area (Å²) in [4.78, 5) is 5.12. The summed E-state index contributed by atoms with van der Waals surface area (Å²) < 4.78 is 5.45. The zero-order valence-corrected chi connectivity index (χ0v) is 10.2. The molecule has 0 radical (unpaired) electrons. The van der Waals surface area contributed by atoms with Crippen molar-refractivity contribution in [2.24, 2.45) is 4.99 Å². The molecule has 2 rings (SSSR count). The van der Waals surface area contributed by atoms with Crippen LogP contribution in [0.2, 0.25) is 0 Å². The second-order valence-corrected chi connectivity index (χ2v) is 4.06. The van der Waals surface area contributed by atoms with Gasteiger partial charge in [0.2, 0.25) is 6.35 Å². The van der Waals surface area contributed by atoms with Gasteiger partial charge in [0.25, 0.3) is 0 Å². The quantitative estimate of drug-likeness (QED) is 0.849. The molecule has 2 N–H and O–H groups in total. The van der Waals surface area contributed by atoms with Gasteiger partial charge >= 0.3 is 0 Å². The lowest BCUT2D eigenvalue weighted by molar-refractivity contribution is -0.0762. The van der Waals surface area contributed by atoms with Crippen molar-refractivity contribution in [3.63, 3.8) is 0 Å². The van der Waals surface area contributed by atoms with Crippen LogP contribution in [-0.2, 0) is 11.3 Å². The van der Waals surface area contributed by atoms with Gasteiger partial charge in [0, 0.05) is 11.8 Å². The largest absolute Gasteiger partial charge is 0.494 e. The molecule has 1 aromatic carbocycles. The van der Waals surface area contributed by atoms with Crippen LogP contribution >= 0.6 is 0 Å². The monoisotopic (exact) mass is 248 g/mol. The number of allylic oxidation sites excluding steroid dienone is 1. The molecule has 0 saturated carbocycles. The number of hydrogen-bond donors (Lipinski definition) is 2. The highest BCUT2D eigenvalue weighted by molar-refractivity contribution is 5.79. The number of aliphatic hydroxyl groups is 2. The Morgan fingerprint density at radius 3 is 2.78 bits per heavy atom. The van der Waals surface area contributed by atoms with Crippen LogP contribution in [-0.4, -0.2) is 34.4 Å². The van der Waals surface area contributed by atoms with Crippen LogP contribution in [0.25, 0.3) is 0 Å². The molecule has 0 aromatic heterocycles. The smallest absolute Gasteiger partial charge is 0.229 e. The first kappa shape index (κ1) is 12.6. The number of benzene rings is 1. The minimum Gasteiger partial charge on any atom is -0.494 e. The highest BCUT2D eigenvalue weighted by Gasteiger charge is 2.21. The summed E-state index contributed by atoms with van der Waals surface area (Å²) in [7, 11) is 0. The Kier molecular flexibility index (Phi) is 3.96. The predicted octanol–water partition coefficient (Wildman–Crippen LogP) is 1.61. The molecular formula is C13H16N2O3. The van der Waals surface area contributed by atoms with Gasteiger partial charge in [0.15, 0.2) is 5.88 Å². The fraction of sp³-hybridized carbons (Fsp3) is 0.308. The first-order valence-electron chi connectivity index (χ1n) is 5.68. The van der Waals surface area contributed by atoms with Gasteiger partial charge in [-0.1, -0.05) is 30.3 Å². The topological polar surface area (TPSA) is 65.3 Å². The van der Waals surface area contributed by atoms with Gasteiger partial charge in [-0.05, 0) is 12.5 Å². The summed E-state index contributed by atoms with van der Waals surface area (Å²) in [6, 6.07) is 9.70. The maximum Gasteiger partial charge on any atom is 0.229 e. The first-order chi connectivity index (χ1) is 8.68. The van der Waals surface area contributed by atoms with Crippen molar-refractivity contribution in [2.45, 2.75) is 19.9 Å². The molecule has 18 heavy (non-hydrogen) atoms. The minimum absolute atomic E-state index is 0.00874. The molecule has 1 atom stereocenters. The SMILES string of the molecule is CC1=C(O)N(COCc2ccccc2)C(O)N=C1. The van der Waals surface area contributed by atoms with E-state index in [2.05, 4.69) is 4.99 Å². The second kappa shape index (κ2) is 5.66. The Hall–Kier alpha value is -1.85. The highest BCUT2D eigenvalue weighted by atomic mass is 16.5. The summed E-state index contributed by atoms with van der Waals surface area (Å²) >= 11 is 0. The molecule has 96 valence electrons. The Morgan fingerprint density at radius 2 is 2.06 bits per heavy atom. The zero-order chi connectivity index (χ0) is 13.0.